The number of nitrogens with zero attached hydrogens (tertiary/aromatic N) is 1. The Labute approximate surface area is 209 Å². The molecule has 1 aliphatic rings. The quantitative estimate of drug-likeness (QED) is 0.250. The number of ketones is 1. The number of aliphatic hydroxyl groups is 1. The number of aryl methyl sites for hydroxylation is 1. The lowest BCUT2D eigenvalue weighted by molar-refractivity contribution is -0.132. The predicted molar refractivity (Wildman–Crippen MR) is 136 cm³/mol. The number of rotatable bonds is 6. The standard InChI is InChI=1S/C28H26ClNO5/c1-4-17-8-11-20(12-9-17)30-25(18-10-13-23(31)22(29)15-18)24(27(33)28(30)34)26(32)19-6-5-7-21(14-19)35-16(2)3/h5-16,25,31-32H,4H2,1-3H3/b26-24-. The molecule has 0 aliphatic carbocycles. The average molecular weight is 492 g/mol. The van der Waals surface area contributed by atoms with Crippen LogP contribution >= 0.6 is 11.6 Å². The first-order valence-electron chi connectivity index (χ1n) is 11.4. The molecule has 1 fully saturated rings. The zero-order valence-electron chi connectivity index (χ0n) is 19.7. The zero-order valence-corrected chi connectivity index (χ0v) is 20.4. The molecule has 3 aromatic carbocycles. The van der Waals surface area contributed by atoms with Crippen molar-refractivity contribution in [3.05, 3.63) is 94.0 Å². The van der Waals surface area contributed by atoms with Crippen LogP contribution in [0, 0.1) is 0 Å². The third-order valence-corrected chi connectivity index (χ3v) is 6.14. The van der Waals surface area contributed by atoms with Crippen molar-refractivity contribution >= 4 is 34.7 Å². The minimum atomic E-state index is -0.949. The number of hydrogen-bond donors (Lipinski definition) is 2. The van der Waals surface area contributed by atoms with Gasteiger partial charge in [-0.25, -0.2) is 0 Å². The first-order chi connectivity index (χ1) is 16.7. The Morgan fingerprint density at radius 3 is 2.40 bits per heavy atom. The fraction of sp³-hybridized carbons (Fsp3) is 0.214. The van der Waals surface area contributed by atoms with E-state index in [0.717, 1.165) is 12.0 Å². The van der Waals surface area contributed by atoms with E-state index in [1.165, 1.54) is 17.0 Å². The number of halogens is 1. The molecule has 0 saturated carbocycles. The van der Waals surface area contributed by atoms with Gasteiger partial charge in [-0.15, -0.1) is 0 Å². The molecule has 1 saturated heterocycles. The molecule has 6 nitrogen and oxygen atoms in total. The van der Waals surface area contributed by atoms with Gasteiger partial charge in [0.2, 0.25) is 0 Å². The van der Waals surface area contributed by atoms with Gasteiger partial charge in [0.25, 0.3) is 11.7 Å². The molecular formula is C28H26ClNO5. The topological polar surface area (TPSA) is 87.1 Å². The molecule has 1 heterocycles. The third-order valence-electron chi connectivity index (χ3n) is 5.83. The van der Waals surface area contributed by atoms with Crippen molar-refractivity contribution in [3.63, 3.8) is 0 Å². The van der Waals surface area contributed by atoms with Gasteiger partial charge in [-0.2, -0.15) is 0 Å². The van der Waals surface area contributed by atoms with Crippen LogP contribution in [0.3, 0.4) is 0 Å². The van der Waals surface area contributed by atoms with E-state index < -0.39 is 17.7 Å². The van der Waals surface area contributed by atoms with E-state index in [1.54, 1.807) is 42.5 Å². The molecule has 1 amide bonds. The first kappa shape index (κ1) is 24.4. The molecule has 0 radical (unpaired) electrons. The smallest absolute Gasteiger partial charge is 0.300 e. The Morgan fingerprint density at radius 2 is 1.77 bits per heavy atom. The lowest BCUT2D eigenvalue weighted by atomic mass is 9.95. The van der Waals surface area contributed by atoms with Crippen LogP contribution in [0.2, 0.25) is 5.02 Å². The lowest BCUT2D eigenvalue weighted by Gasteiger charge is -2.26. The maximum Gasteiger partial charge on any atom is 0.300 e. The van der Waals surface area contributed by atoms with E-state index in [-0.39, 0.29) is 28.2 Å². The summed E-state index contributed by atoms with van der Waals surface area (Å²) in [5, 5.41) is 21.3. The van der Waals surface area contributed by atoms with E-state index in [0.29, 0.717) is 22.6 Å². The molecule has 0 spiro atoms. The largest absolute Gasteiger partial charge is 0.507 e. The zero-order chi connectivity index (χ0) is 25.3. The Morgan fingerprint density at radius 1 is 1.06 bits per heavy atom. The molecular weight excluding hydrogens is 466 g/mol. The van der Waals surface area contributed by atoms with Gasteiger partial charge in [0, 0.05) is 11.3 Å². The van der Waals surface area contributed by atoms with E-state index in [9.17, 15) is 19.8 Å². The van der Waals surface area contributed by atoms with Gasteiger partial charge in [0.15, 0.2) is 0 Å². The van der Waals surface area contributed by atoms with Crippen molar-refractivity contribution in [2.45, 2.75) is 39.3 Å². The molecule has 35 heavy (non-hydrogen) atoms. The average Bonchev–Trinajstić information content (AvgIpc) is 3.10. The monoisotopic (exact) mass is 491 g/mol. The number of amides is 1. The molecule has 3 aromatic rings. The van der Waals surface area contributed by atoms with Gasteiger partial charge in [-0.3, -0.25) is 14.5 Å². The van der Waals surface area contributed by atoms with Crippen LogP contribution in [0.1, 0.15) is 43.5 Å². The number of benzene rings is 3. The van der Waals surface area contributed by atoms with Gasteiger partial charge in [-0.05, 0) is 67.8 Å². The SMILES string of the molecule is CCc1ccc(N2C(=O)C(=O)/C(=C(\O)c3cccc(OC(C)C)c3)C2c2ccc(O)c(Cl)c2)cc1. The summed E-state index contributed by atoms with van der Waals surface area (Å²) in [4.78, 5) is 27.9. The van der Waals surface area contributed by atoms with Crippen LogP contribution in [-0.2, 0) is 16.0 Å². The molecule has 1 unspecified atom stereocenters. The van der Waals surface area contributed by atoms with E-state index in [2.05, 4.69) is 0 Å². The summed E-state index contributed by atoms with van der Waals surface area (Å²) >= 11 is 6.18. The second-order valence-corrected chi connectivity index (χ2v) is 9.00. The molecule has 0 aromatic heterocycles. The second kappa shape index (κ2) is 9.84. The van der Waals surface area contributed by atoms with Crippen LogP contribution in [0.15, 0.2) is 72.3 Å². The molecule has 180 valence electrons. The van der Waals surface area contributed by atoms with Crippen molar-refractivity contribution < 1.29 is 24.5 Å². The van der Waals surface area contributed by atoms with Gasteiger partial charge >= 0.3 is 0 Å². The van der Waals surface area contributed by atoms with E-state index in [4.69, 9.17) is 16.3 Å². The number of phenols is 1. The number of anilines is 1. The van der Waals surface area contributed by atoms with Crippen molar-refractivity contribution in [2.24, 2.45) is 0 Å². The van der Waals surface area contributed by atoms with E-state index >= 15 is 0 Å². The third kappa shape index (κ3) is 4.75. The Balaban J connectivity index is 1.91. The molecule has 0 bridgehead atoms. The summed E-state index contributed by atoms with van der Waals surface area (Å²) in [6.07, 6.45) is 0.744. The second-order valence-electron chi connectivity index (χ2n) is 8.59. The maximum absolute atomic E-state index is 13.3. The summed E-state index contributed by atoms with van der Waals surface area (Å²) in [6, 6.07) is 17.6. The Bertz CT molecular complexity index is 1310. The normalized spacial score (nSPS) is 17.3. The molecule has 7 heteroatoms. The Kier molecular flexibility index (Phi) is 6.85. The maximum atomic E-state index is 13.3. The lowest BCUT2D eigenvalue weighted by Crippen LogP contribution is -2.29. The number of Topliss-reactive ketones (excluding diaryl/α,β-unsaturated/α-hetero) is 1. The van der Waals surface area contributed by atoms with Crippen LogP contribution in [0.4, 0.5) is 5.69 Å². The van der Waals surface area contributed by atoms with Gasteiger partial charge < -0.3 is 14.9 Å². The highest BCUT2D eigenvalue weighted by Gasteiger charge is 2.47. The fourth-order valence-corrected chi connectivity index (χ4v) is 4.33. The summed E-state index contributed by atoms with van der Waals surface area (Å²) in [5.74, 6) is -1.50. The molecule has 4 rings (SSSR count). The number of ether oxygens (including phenoxy) is 1. The number of carbonyl (C=O) groups is 2. The summed E-state index contributed by atoms with van der Waals surface area (Å²) in [7, 11) is 0. The van der Waals surface area contributed by atoms with Gasteiger partial charge in [0.1, 0.15) is 17.3 Å². The molecule has 1 atom stereocenters. The summed E-state index contributed by atoms with van der Waals surface area (Å²) < 4.78 is 5.73. The number of aliphatic hydroxyl groups excluding tert-OH is 1. The minimum Gasteiger partial charge on any atom is -0.507 e. The van der Waals surface area contributed by atoms with Crippen molar-refractivity contribution in [1.82, 2.24) is 0 Å². The van der Waals surface area contributed by atoms with Gasteiger partial charge in [-0.1, -0.05) is 48.9 Å². The number of phenolic OH excluding ortho intramolecular Hbond substituents is 1. The first-order valence-corrected chi connectivity index (χ1v) is 11.7. The number of carbonyl (C=O) groups excluding carboxylic acids is 2. The highest BCUT2D eigenvalue weighted by molar-refractivity contribution is 6.51. The van der Waals surface area contributed by atoms with Crippen LogP contribution in [-0.4, -0.2) is 28.0 Å². The number of hydrogen-bond acceptors (Lipinski definition) is 5. The predicted octanol–water partition coefficient (Wildman–Crippen LogP) is 6.02. The van der Waals surface area contributed by atoms with Crippen molar-refractivity contribution in [2.75, 3.05) is 4.90 Å². The van der Waals surface area contributed by atoms with Crippen molar-refractivity contribution in [3.8, 4) is 11.5 Å². The molecule has 1 aliphatic heterocycles. The summed E-state index contributed by atoms with van der Waals surface area (Å²) in [5.41, 5.74) is 2.34. The van der Waals surface area contributed by atoms with Crippen molar-refractivity contribution in [1.29, 1.82) is 0 Å². The van der Waals surface area contributed by atoms with Crippen LogP contribution in [0.25, 0.3) is 5.76 Å². The summed E-state index contributed by atoms with van der Waals surface area (Å²) in [6.45, 7) is 5.80. The van der Waals surface area contributed by atoms with Crippen LogP contribution in [0.5, 0.6) is 11.5 Å². The van der Waals surface area contributed by atoms with Gasteiger partial charge in [0.05, 0.1) is 22.7 Å². The molecule has 2 N–H and O–H groups in total. The fourth-order valence-electron chi connectivity index (χ4n) is 4.14. The van der Waals surface area contributed by atoms with E-state index in [1.807, 2.05) is 32.9 Å². The Hall–Kier alpha value is -3.77. The highest BCUT2D eigenvalue weighted by Crippen LogP contribution is 2.43. The highest BCUT2D eigenvalue weighted by atomic mass is 35.5. The minimum absolute atomic E-state index is 0.0711. The van der Waals surface area contributed by atoms with Crippen LogP contribution < -0.4 is 9.64 Å². The number of aromatic hydroxyl groups is 1.